The van der Waals surface area contributed by atoms with Gasteiger partial charge in [-0.05, 0) is 13.5 Å². The molecule has 0 heterocycles. The third-order valence-corrected chi connectivity index (χ3v) is 1.45. The second-order valence-corrected chi connectivity index (χ2v) is 2.41. The highest BCUT2D eigenvalue weighted by Gasteiger charge is 1.97. The molecule has 72 valence electrons. The number of nitrogens with one attached hydrogen (secondary N) is 2. The first kappa shape index (κ1) is 13.9. The molecule has 0 aliphatic heterocycles. The quantitative estimate of drug-likeness (QED) is 0.543. The van der Waals surface area contributed by atoms with E-state index in [1.54, 1.807) is 0 Å². The molecule has 12 heavy (non-hydrogen) atoms. The van der Waals surface area contributed by atoms with Gasteiger partial charge in [0.1, 0.15) is 0 Å². The molecule has 0 amide bonds. The number of hydrogen-bond donors (Lipinski definition) is 3. The van der Waals surface area contributed by atoms with Crippen molar-refractivity contribution in [2.75, 3.05) is 13.6 Å². The first-order valence-electron chi connectivity index (χ1n) is 4.25. The maximum Gasteiger partial charge on any atom is 0.0187 e. The van der Waals surface area contributed by atoms with Gasteiger partial charge >= 0.3 is 0 Å². The molecule has 0 rings (SSSR count). The number of rotatable bonds is 5. The maximum absolute atomic E-state index is 6.21. The van der Waals surface area contributed by atoms with Crippen LogP contribution in [-0.4, -0.2) is 25.8 Å². The highest BCUT2D eigenvalue weighted by atomic mass is 14.9. The van der Waals surface area contributed by atoms with Crippen LogP contribution in [0.15, 0.2) is 12.7 Å². The van der Waals surface area contributed by atoms with Gasteiger partial charge in [-0.25, -0.2) is 0 Å². The van der Waals surface area contributed by atoms with E-state index >= 15 is 0 Å². The van der Waals surface area contributed by atoms with E-state index in [0.717, 1.165) is 12.8 Å². The summed E-state index contributed by atoms with van der Waals surface area (Å²) >= 11 is 0. The van der Waals surface area contributed by atoms with Gasteiger partial charge in [0.15, 0.2) is 0 Å². The van der Waals surface area contributed by atoms with Crippen molar-refractivity contribution >= 4 is 6.21 Å². The Morgan fingerprint density at radius 1 is 1.67 bits per heavy atom. The van der Waals surface area contributed by atoms with Crippen LogP contribution in [0.2, 0.25) is 0 Å². The molecule has 0 radical (unpaired) electrons. The number of nitrogens with two attached hydrogens (primary N) is 1. The zero-order chi connectivity index (χ0) is 9.82. The lowest BCUT2D eigenvalue weighted by molar-refractivity contribution is 0.525. The van der Waals surface area contributed by atoms with Crippen LogP contribution >= 0.6 is 0 Å². The van der Waals surface area contributed by atoms with Crippen molar-refractivity contribution < 1.29 is 0 Å². The highest BCUT2D eigenvalue weighted by Crippen LogP contribution is 1.91. The molecule has 1 atom stereocenters. The van der Waals surface area contributed by atoms with E-state index in [1.807, 2.05) is 7.05 Å². The second-order valence-electron chi connectivity index (χ2n) is 2.41. The molecule has 0 aromatic rings. The minimum atomic E-state index is 0.528. The molecule has 0 saturated heterocycles. The topological polar surface area (TPSA) is 61.9 Å². The lowest BCUT2D eigenvalue weighted by Crippen LogP contribution is -2.32. The molecule has 0 aromatic carbocycles. The van der Waals surface area contributed by atoms with Gasteiger partial charge in [-0.1, -0.05) is 26.0 Å². The minimum absolute atomic E-state index is 0.528. The van der Waals surface area contributed by atoms with Crippen molar-refractivity contribution in [1.82, 2.24) is 5.32 Å². The van der Waals surface area contributed by atoms with Gasteiger partial charge in [-0.3, -0.25) is 0 Å². The van der Waals surface area contributed by atoms with Crippen molar-refractivity contribution in [3.8, 4) is 0 Å². The van der Waals surface area contributed by atoms with Crippen molar-refractivity contribution in [1.29, 1.82) is 5.41 Å². The number of likely N-dealkylation sites (N-methyl/N-ethyl adjacent to an activating group) is 1. The van der Waals surface area contributed by atoms with Crippen molar-refractivity contribution in [3.05, 3.63) is 12.7 Å². The number of hydrogen-bond acceptors (Lipinski definition) is 3. The Hall–Kier alpha value is -0.670. The van der Waals surface area contributed by atoms with E-state index in [4.69, 9.17) is 11.1 Å². The van der Waals surface area contributed by atoms with Gasteiger partial charge in [0.05, 0.1) is 0 Å². The van der Waals surface area contributed by atoms with E-state index in [1.165, 1.54) is 18.9 Å². The van der Waals surface area contributed by atoms with Crippen LogP contribution < -0.4 is 11.1 Å². The Labute approximate surface area is 75.6 Å². The van der Waals surface area contributed by atoms with Crippen LogP contribution in [0.5, 0.6) is 0 Å². The van der Waals surface area contributed by atoms with Crippen molar-refractivity contribution in [2.45, 2.75) is 25.8 Å². The molecule has 0 bridgehead atoms. The summed E-state index contributed by atoms with van der Waals surface area (Å²) in [7, 11) is 1.95. The smallest absolute Gasteiger partial charge is 0.0187 e. The van der Waals surface area contributed by atoms with Gasteiger partial charge in [-0.15, -0.1) is 0 Å². The van der Waals surface area contributed by atoms with Crippen LogP contribution in [0, 0.1) is 5.41 Å². The van der Waals surface area contributed by atoms with Crippen LogP contribution in [-0.2, 0) is 0 Å². The molecule has 4 N–H and O–H groups in total. The summed E-state index contributed by atoms with van der Waals surface area (Å²) in [4.78, 5) is 0. The molecule has 3 heteroatoms. The Bertz CT molecular complexity index is 91.9. The molecule has 0 fully saturated rings. The fourth-order valence-corrected chi connectivity index (χ4v) is 0.729. The van der Waals surface area contributed by atoms with Gasteiger partial charge in [0.2, 0.25) is 0 Å². The number of allylic oxidation sites excluding steroid dienone is 1. The van der Waals surface area contributed by atoms with E-state index in [0.29, 0.717) is 6.04 Å². The molecule has 0 aliphatic rings. The van der Waals surface area contributed by atoms with E-state index in [-0.39, 0.29) is 0 Å². The fraction of sp³-hybridized carbons (Fsp3) is 0.667. The molecule has 0 aromatic heterocycles. The molecule has 1 unspecified atom stereocenters. The monoisotopic (exact) mass is 171 g/mol. The Kier molecular flexibility index (Phi) is 15.0. The lowest BCUT2D eigenvalue weighted by Gasteiger charge is -2.10. The molecule has 3 nitrogen and oxygen atoms in total. The Morgan fingerprint density at radius 2 is 2.17 bits per heavy atom. The van der Waals surface area contributed by atoms with Crippen molar-refractivity contribution in [2.24, 2.45) is 5.73 Å². The van der Waals surface area contributed by atoms with Crippen LogP contribution in [0.25, 0.3) is 0 Å². The predicted octanol–water partition coefficient (Wildman–Crippen LogP) is 1.16. The van der Waals surface area contributed by atoms with Crippen LogP contribution in [0.3, 0.4) is 0 Å². The van der Waals surface area contributed by atoms with E-state index in [2.05, 4.69) is 18.8 Å². The average molecular weight is 171 g/mol. The van der Waals surface area contributed by atoms with Crippen molar-refractivity contribution in [3.63, 3.8) is 0 Å². The first-order chi connectivity index (χ1) is 5.76. The highest BCUT2D eigenvalue weighted by molar-refractivity contribution is 5.66. The summed E-state index contributed by atoms with van der Waals surface area (Å²) in [6.45, 7) is 6.16. The third kappa shape index (κ3) is 12.0. The van der Waals surface area contributed by atoms with Gasteiger partial charge in [-0.2, -0.15) is 0 Å². The normalized spacial score (nSPS) is 10.9. The Morgan fingerprint density at radius 3 is 2.25 bits per heavy atom. The lowest BCUT2D eigenvalue weighted by atomic mass is 10.2. The zero-order valence-corrected chi connectivity index (χ0v) is 8.14. The van der Waals surface area contributed by atoms with Gasteiger partial charge in [0, 0.05) is 18.8 Å². The molecular weight excluding hydrogens is 150 g/mol. The van der Waals surface area contributed by atoms with Crippen LogP contribution in [0.1, 0.15) is 19.8 Å². The molecule has 0 saturated carbocycles. The average Bonchev–Trinajstić information content (AvgIpc) is 2.14. The Balaban J connectivity index is 0. The van der Waals surface area contributed by atoms with Crippen LogP contribution in [0.4, 0.5) is 0 Å². The predicted molar refractivity (Wildman–Crippen MR) is 55.8 cm³/mol. The molecule has 0 aliphatic carbocycles. The summed E-state index contributed by atoms with van der Waals surface area (Å²) in [5.74, 6) is 0. The van der Waals surface area contributed by atoms with Gasteiger partial charge in [0.25, 0.3) is 0 Å². The summed E-state index contributed by atoms with van der Waals surface area (Å²) < 4.78 is 0. The molecular formula is C9H21N3. The first-order valence-corrected chi connectivity index (χ1v) is 4.25. The summed E-state index contributed by atoms with van der Waals surface area (Å²) in [5, 5.41) is 9.34. The van der Waals surface area contributed by atoms with E-state index < -0.39 is 0 Å². The van der Waals surface area contributed by atoms with E-state index in [9.17, 15) is 0 Å². The summed E-state index contributed by atoms with van der Waals surface area (Å²) in [6, 6.07) is 0.528. The SMILES string of the molecule is C=CC=N.CCCC(CN)NC. The maximum atomic E-state index is 6.21. The molecule has 0 spiro atoms. The largest absolute Gasteiger partial charge is 0.329 e. The fourth-order valence-electron chi connectivity index (χ4n) is 0.729. The minimum Gasteiger partial charge on any atom is -0.329 e. The summed E-state index contributed by atoms with van der Waals surface area (Å²) in [5.41, 5.74) is 5.41. The summed E-state index contributed by atoms with van der Waals surface area (Å²) in [6.07, 6.45) is 4.95. The third-order valence-electron chi connectivity index (χ3n) is 1.45. The standard InChI is InChI=1S/C6H16N2.C3H5N/c1-3-4-6(5-7)8-2;1-2-3-4/h6,8H,3-5,7H2,1-2H3;2-4H,1H2. The van der Waals surface area contributed by atoms with Gasteiger partial charge < -0.3 is 16.5 Å². The second kappa shape index (κ2) is 13.0. The zero-order valence-electron chi connectivity index (χ0n) is 8.14.